The lowest BCUT2D eigenvalue weighted by atomic mass is 10.1. The zero-order valence-electron chi connectivity index (χ0n) is 9.80. The molecule has 1 saturated heterocycles. The van der Waals surface area contributed by atoms with Crippen molar-refractivity contribution < 1.29 is 15.1 Å². The van der Waals surface area contributed by atoms with Crippen LogP contribution in [0.15, 0.2) is 17.1 Å². The van der Waals surface area contributed by atoms with Gasteiger partial charge in [0.25, 0.3) is 0 Å². The second-order valence-corrected chi connectivity index (χ2v) is 3.83. The van der Waals surface area contributed by atoms with Crippen molar-refractivity contribution in [3.8, 4) is 0 Å². The molecule has 1 aliphatic rings. The van der Waals surface area contributed by atoms with Crippen molar-refractivity contribution in [2.45, 2.75) is 24.8 Å². The summed E-state index contributed by atoms with van der Waals surface area (Å²) in [5.41, 5.74) is 6.90. The topological polar surface area (TPSA) is 123 Å². The van der Waals surface area contributed by atoms with Gasteiger partial charge in [0.15, 0.2) is 0 Å². The van der Waals surface area contributed by atoms with Gasteiger partial charge in [0.2, 0.25) is 0 Å². The molecule has 1 aromatic rings. The van der Waals surface area contributed by atoms with Crippen molar-refractivity contribution in [1.29, 1.82) is 0 Å². The van der Waals surface area contributed by atoms with Crippen LogP contribution in [0, 0.1) is 0 Å². The van der Waals surface area contributed by atoms with Crippen LogP contribution in [0.3, 0.4) is 0 Å². The van der Waals surface area contributed by atoms with Crippen LogP contribution in [0.2, 0.25) is 0 Å². The van der Waals surface area contributed by atoms with Crippen molar-refractivity contribution in [3.63, 3.8) is 0 Å². The fourth-order valence-corrected chi connectivity index (χ4v) is 1.85. The van der Waals surface area contributed by atoms with E-state index in [4.69, 9.17) is 20.8 Å². The summed E-state index contributed by atoms with van der Waals surface area (Å²) < 4.78 is 6.70. The molecule has 2 rings (SSSR count). The number of hydrogen-bond acceptors (Lipinski definition) is 7. The van der Waals surface area contributed by atoms with Crippen molar-refractivity contribution in [2.75, 3.05) is 12.3 Å². The Labute approximate surface area is 121 Å². The van der Waals surface area contributed by atoms with E-state index in [2.05, 4.69) is 10.5 Å². The number of aromatic nitrogens is 2. The largest absolute Gasteiger partial charge is 0.394 e. The van der Waals surface area contributed by atoms with Crippen LogP contribution < -0.4 is 16.9 Å². The first-order valence-corrected chi connectivity index (χ1v) is 5.16. The van der Waals surface area contributed by atoms with Gasteiger partial charge in [0.05, 0.1) is 12.6 Å². The lowest BCUT2D eigenvalue weighted by Crippen LogP contribution is -2.36. The highest BCUT2D eigenvalue weighted by Gasteiger charge is 2.35. The normalized spacial score (nSPS) is 25.5. The highest BCUT2D eigenvalue weighted by Crippen LogP contribution is 2.27. The Hall–Kier alpha value is -0.900. The van der Waals surface area contributed by atoms with Crippen molar-refractivity contribution >= 4 is 30.6 Å². The molecule has 0 unspecified atom stereocenters. The van der Waals surface area contributed by atoms with Crippen LogP contribution in [0.5, 0.6) is 0 Å². The van der Waals surface area contributed by atoms with Crippen LogP contribution in [-0.2, 0) is 4.74 Å². The summed E-state index contributed by atoms with van der Waals surface area (Å²) in [6.07, 6.45) is 0.698. The molecule has 0 aromatic carbocycles. The third-order valence-corrected chi connectivity index (χ3v) is 2.74. The van der Waals surface area contributed by atoms with E-state index >= 15 is 0 Å². The first kappa shape index (κ1) is 18.1. The first-order valence-electron chi connectivity index (χ1n) is 5.16. The molecule has 2 heterocycles. The van der Waals surface area contributed by atoms with E-state index in [9.17, 15) is 4.79 Å². The molecule has 0 radical (unpaired) electrons. The Kier molecular flexibility index (Phi) is 7.27. The molecule has 5 N–H and O–H groups in total. The van der Waals surface area contributed by atoms with Crippen molar-refractivity contribution in [1.82, 2.24) is 15.0 Å². The standard InChI is InChI=1S/C9H14N4O4.2ClH/c10-7-1-2-13(9(15)11-7)8-3-5(12-16)6(4-14)17-8;;/h1-2,5-6,8,12,14,16H,3-4H2,(H2,10,11,15);2*1H/t5-,6+,8+;;/m0../s1. The fourth-order valence-electron chi connectivity index (χ4n) is 1.85. The van der Waals surface area contributed by atoms with Crippen molar-refractivity contribution in [3.05, 3.63) is 22.7 Å². The van der Waals surface area contributed by atoms with Gasteiger partial charge < -0.3 is 20.8 Å². The lowest BCUT2D eigenvalue weighted by molar-refractivity contribution is -0.0377. The summed E-state index contributed by atoms with van der Waals surface area (Å²) in [6, 6.07) is 1.06. The van der Waals surface area contributed by atoms with Gasteiger partial charge in [-0.25, -0.2) is 4.79 Å². The number of nitrogen functional groups attached to an aromatic ring is 1. The molecule has 10 heteroatoms. The van der Waals surface area contributed by atoms with Gasteiger partial charge in [-0.05, 0) is 6.07 Å². The highest BCUT2D eigenvalue weighted by atomic mass is 35.5. The number of aliphatic hydroxyl groups is 1. The highest BCUT2D eigenvalue weighted by molar-refractivity contribution is 5.85. The van der Waals surface area contributed by atoms with E-state index in [1.54, 1.807) is 0 Å². The Morgan fingerprint density at radius 2 is 2.26 bits per heavy atom. The van der Waals surface area contributed by atoms with Gasteiger partial charge in [-0.2, -0.15) is 10.5 Å². The van der Waals surface area contributed by atoms with Crippen LogP contribution in [0.25, 0.3) is 0 Å². The summed E-state index contributed by atoms with van der Waals surface area (Å²) in [4.78, 5) is 15.1. The molecular weight excluding hydrogens is 299 g/mol. The van der Waals surface area contributed by atoms with Crippen LogP contribution in [-0.4, -0.2) is 38.6 Å². The molecule has 0 saturated carbocycles. The number of anilines is 1. The number of hydrogen-bond donors (Lipinski definition) is 4. The van der Waals surface area contributed by atoms with Gasteiger partial charge in [0, 0.05) is 12.6 Å². The molecule has 0 aliphatic carbocycles. The predicted octanol–water partition coefficient (Wildman–Crippen LogP) is -0.704. The monoisotopic (exact) mass is 314 g/mol. The molecule has 0 spiro atoms. The Morgan fingerprint density at radius 1 is 1.58 bits per heavy atom. The summed E-state index contributed by atoms with van der Waals surface area (Å²) >= 11 is 0. The fraction of sp³-hybridized carbons (Fsp3) is 0.556. The average molecular weight is 315 g/mol. The SMILES string of the molecule is Cl.Cl.Nc1ccn([C@H]2C[C@H](NO)[C@@H](CO)O2)c(=O)n1. The number of nitrogens with two attached hydrogens (primary N) is 1. The van der Waals surface area contributed by atoms with Crippen molar-refractivity contribution in [2.24, 2.45) is 0 Å². The molecule has 0 amide bonds. The maximum absolute atomic E-state index is 11.6. The Bertz CT molecular complexity index is 446. The Morgan fingerprint density at radius 3 is 2.74 bits per heavy atom. The molecule has 0 bridgehead atoms. The van der Waals surface area contributed by atoms with Crippen LogP contribution >= 0.6 is 24.8 Å². The van der Waals surface area contributed by atoms with Gasteiger partial charge in [0.1, 0.15) is 18.1 Å². The molecule has 110 valence electrons. The zero-order chi connectivity index (χ0) is 12.4. The summed E-state index contributed by atoms with van der Waals surface area (Å²) in [5.74, 6) is 0.139. The maximum atomic E-state index is 11.6. The number of nitrogens with one attached hydrogen (secondary N) is 1. The molecular formula is C9H16Cl2N4O4. The average Bonchev–Trinajstić information content (AvgIpc) is 2.72. The van der Waals surface area contributed by atoms with Crippen LogP contribution in [0.4, 0.5) is 5.82 Å². The van der Waals surface area contributed by atoms with Gasteiger partial charge in [-0.15, -0.1) is 24.8 Å². The number of hydroxylamine groups is 1. The summed E-state index contributed by atoms with van der Waals surface area (Å²) in [5, 5.41) is 17.9. The van der Waals surface area contributed by atoms with E-state index in [0.29, 0.717) is 6.42 Å². The predicted molar refractivity (Wildman–Crippen MR) is 71.7 cm³/mol. The molecule has 19 heavy (non-hydrogen) atoms. The molecule has 1 aliphatic heterocycles. The van der Waals surface area contributed by atoms with E-state index in [-0.39, 0.29) is 37.2 Å². The van der Waals surface area contributed by atoms with Gasteiger partial charge >= 0.3 is 5.69 Å². The van der Waals surface area contributed by atoms with Gasteiger partial charge in [-0.3, -0.25) is 4.57 Å². The third-order valence-electron chi connectivity index (χ3n) is 2.74. The van der Waals surface area contributed by atoms with Crippen LogP contribution in [0.1, 0.15) is 12.6 Å². The quantitative estimate of drug-likeness (QED) is 0.544. The van der Waals surface area contributed by atoms with E-state index in [0.717, 1.165) is 0 Å². The summed E-state index contributed by atoms with van der Waals surface area (Å²) in [6.45, 7) is -0.244. The minimum atomic E-state index is -0.572. The second-order valence-electron chi connectivity index (χ2n) is 3.83. The third kappa shape index (κ3) is 3.78. The van der Waals surface area contributed by atoms with E-state index in [1.807, 2.05) is 0 Å². The van der Waals surface area contributed by atoms with E-state index in [1.165, 1.54) is 16.8 Å². The molecule has 1 fully saturated rings. The smallest absolute Gasteiger partial charge is 0.351 e. The van der Waals surface area contributed by atoms with E-state index < -0.39 is 24.1 Å². The number of rotatable bonds is 3. The molecule has 8 nitrogen and oxygen atoms in total. The molecule has 1 aromatic heterocycles. The number of ether oxygens (including phenoxy) is 1. The lowest BCUT2D eigenvalue weighted by Gasteiger charge is -2.14. The number of halogens is 2. The zero-order valence-corrected chi connectivity index (χ0v) is 11.4. The summed E-state index contributed by atoms with van der Waals surface area (Å²) in [7, 11) is 0. The minimum absolute atomic E-state index is 0. The first-order chi connectivity index (χ1) is 8.15. The Balaban J connectivity index is 0.00000162. The molecule has 3 atom stereocenters. The second kappa shape index (κ2) is 7.63. The van der Waals surface area contributed by atoms with Gasteiger partial charge in [-0.1, -0.05) is 0 Å². The number of nitrogens with zero attached hydrogens (tertiary/aromatic N) is 2. The minimum Gasteiger partial charge on any atom is -0.394 e. The maximum Gasteiger partial charge on any atom is 0.351 e. The number of aliphatic hydroxyl groups excluding tert-OH is 1.